The van der Waals surface area contributed by atoms with Crippen LogP contribution in [-0.4, -0.2) is 70.8 Å². The number of aromatic nitrogens is 3. The van der Waals surface area contributed by atoms with Gasteiger partial charge in [-0.25, -0.2) is 17.6 Å². The summed E-state index contributed by atoms with van der Waals surface area (Å²) in [5, 5.41) is 18.6. The average Bonchev–Trinajstić information content (AvgIpc) is 3.63. The standard InChI is InChI=1S/C40H46ClFN4O6S/c1-4-32-36-35-31(41)15-14-30-29(9-6-20-52-34-10-5-8-26-24-27(42)12-13-28(26)34)39(40(47)48)46(38(30)35)19-7-23-53(49,50)45(3)33(37(36)43-44(32)2)16-11-25-17-21-51-22-18-25/h5,8,10,12-15,24-25,33H,4,6-7,9,11,16-23H2,1-3H3,(H,47,48). The number of halogens is 2. The number of nitrogens with zero attached hydrogens (tertiary/aromatic N) is 4. The lowest BCUT2D eigenvalue weighted by Crippen LogP contribution is -2.34. The van der Waals surface area contributed by atoms with E-state index < -0.39 is 22.0 Å². The van der Waals surface area contributed by atoms with Gasteiger partial charge in [0, 0.05) is 61.4 Å². The summed E-state index contributed by atoms with van der Waals surface area (Å²) in [5.74, 6) is -0.514. The number of carboxylic acid groups (broad SMARTS) is 1. The number of aromatic carboxylic acids is 1. The summed E-state index contributed by atoms with van der Waals surface area (Å²) in [4.78, 5) is 13.2. The van der Waals surface area contributed by atoms with Gasteiger partial charge in [-0.2, -0.15) is 9.40 Å². The van der Waals surface area contributed by atoms with E-state index in [-0.39, 0.29) is 30.2 Å². The number of rotatable bonds is 10. The predicted octanol–water partition coefficient (Wildman–Crippen LogP) is 8.17. The van der Waals surface area contributed by atoms with Crippen LogP contribution in [0.15, 0.2) is 48.5 Å². The highest BCUT2D eigenvalue weighted by Crippen LogP contribution is 2.46. The van der Waals surface area contributed by atoms with Gasteiger partial charge < -0.3 is 19.1 Å². The van der Waals surface area contributed by atoms with Crippen LogP contribution in [0.3, 0.4) is 0 Å². The summed E-state index contributed by atoms with van der Waals surface area (Å²) in [5.41, 5.74) is 4.42. The number of aryl methyl sites for hydroxylation is 3. The van der Waals surface area contributed by atoms with Crippen LogP contribution in [0.2, 0.25) is 5.02 Å². The quantitative estimate of drug-likeness (QED) is 0.143. The molecule has 2 aliphatic rings. The molecule has 1 fully saturated rings. The van der Waals surface area contributed by atoms with Gasteiger partial charge in [-0.15, -0.1) is 0 Å². The molecule has 0 amide bonds. The molecule has 2 aromatic heterocycles. The summed E-state index contributed by atoms with van der Waals surface area (Å²) in [6.07, 6.45) is 4.99. The number of benzene rings is 3. The molecular formula is C40H46ClFN4O6S. The van der Waals surface area contributed by atoms with Crippen LogP contribution in [0, 0.1) is 11.7 Å². The Morgan fingerprint density at radius 3 is 2.60 bits per heavy atom. The molecule has 0 bridgehead atoms. The lowest BCUT2D eigenvalue weighted by atomic mass is 9.89. The third kappa shape index (κ3) is 7.18. The maximum Gasteiger partial charge on any atom is 0.352 e. The fourth-order valence-corrected chi connectivity index (χ4v) is 10.0. The lowest BCUT2D eigenvalue weighted by Gasteiger charge is -2.29. The molecule has 282 valence electrons. The number of carboxylic acids is 1. The third-order valence-corrected chi connectivity index (χ3v) is 13.3. The first-order valence-electron chi connectivity index (χ1n) is 18.5. The zero-order valence-corrected chi connectivity index (χ0v) is 32.0. The summed E-state index contributed by atoms with van der Waals surface area (Å²) < 4.78 is 58.8. The van der Waals surface area contributed by atoms with Crippen molar-refractivity contribution in [2.24, 2.45) is 13.0 Å². The minimum absolute atomic E-state index is 0.119. The second kappa shape index (κ2) is 15.4. The molecule has 7 rings (SSSR count). The van der Waals surface area contributed by atoms with E-state index in [1.807, 2.05) is 49.0 Å². The minimum Gasteiger partial charge on any atom is -0.493 e. The van der Waals surface area contributed by atoms with E-state index >= 15 is 0 Å². The highest BCUT2D eigenvalue weighted by molar-refractivity contribution is 7.89. The fourth-order valence-electron chi connectivity index (χ4n) is 8.39. The van der Waals surface area contributed by atoms with Crippen LogP contribution in [0.4, 0.5) is 4.39 Å². The van der Waals surface area contributed by atoms with Gasteiger partial charge >= 0.3 is 5.97 Å². The Kier molecular flexibility index (Phi) is 10.9. The Labute approximate surface area is 314 Å². The van der Waals surface area contributed by atoms with Crippen molar-refractivity contribution < 1.29 is 32.2 Å². The van der Waals surface area contributed by atoms with E-state index in [4.69, 9.17) is 26.2 Å². The van der Waals surface area contributed by atoms with Gasteiger partial charge in [0.25, 0.3) is 0 Å². The molecule has 3 aromatic carbocycles. The van der Waals surface area contributed by atoms with E-state index in [0.717, 1.165) is 46.7 Å². The molecule has 0 radical (unpaired) electrons. The molecule has 10 nitrogen and oxygen atoms in total. The maximum atomic E-state index is 14.0. The monoisotopic (exact) mass is 764 g/mol. The van der Waals surface area contributed by atoms with Crippen molar-refractivity contribution >= 4 is 49.3 Å². The molecular weight excluding hydrogens is 719 g/mol. The summed E-state index contributed by atoms with van der Waals surface area (Å²) in [6.45, 7) is 3.92. The van der Waals surface area contributed by atoms with Gasteiger partial charge in [0.15, 0.2) is 0 Å². The van der Waals surface area contributed by atoms with Crippen molar-refractivity contribution in [3.63, 3.8) is 0 Å². The van der Waals surface area contributed by atoms with Gasteiger partial charge in [0.2, 0.25) is 10.0 Å². The molecule has 1 N–H and O–H groups in total. The van der Waals surface area contributed by atoms with Gasteiger partial charge in [-0.1, -0.05) is 36.7 Å². The minimum atomic E-state index is -3.76. The number of ether oxygens (including phenoxy) is 2. The van der Waals surface area contributed by atoms with E-state index in [0.29, 0.717) is 84.5 Å². The van der Waals surface area contributed by atoms with Crippen LogP contribution < -0.4 is 4.74 Å². The van der Waals surface area contributed by atoms with Crippen molar-refractivity contribution in [2.75, 3.05) is 32.6 Å². The second-order valence-electron chi connectivity index (χ2n) is 14.2. The van der Waals surface area contributed by atoms with Gasteiger partial charge in [0.05, 0.1) is 34.6 Å². The number of hydrogen-bond donors (Lipinski definition) is 1. The van der Waals surface area contributed by atoms with Crippen LogP contribution in [-0.2, 0) is 41.2 Å². The van der Waals surface area contributed by atoms with Crippen molar-refractivity contribution in [2.45, 2.75) is 70.9 Å². The topological polar surface area (TPSA) is 116 Å². The van der Waals surface area contributed by atoms with E-state index in [9.17, 15) is 22.7 Å². The highest BCUT2D eigenvalue weighted by Gasteiger charge is 2.36. The van der Waals surface area contributed by atoms with Crippen LogP contribution in [0.5, 0.6) is 5.75 Å². The molecule has 0 spiro atoms. The average molecular weight is 765 g/mol. The first-order valence-corrected chi connectivity index (χ1v) is 20.5. The molecule has 1 saturated heterocycles. The normalized spacial score (nSPS) is 18.2. The van der Waals surface area contributed by atoms with Crippen LogP contribution in [0.25, 0.3) is 32.8 Å². The van der Waals surface area contributed by atoms with E-state index in [1.54, 1.807) is 17.7 Å². The molecule has 1 atom stereocenters. The molecule has 13 heteroatoms. The summed E-state index contributed by atoms with van der Waals surface area (Å²) in [6, 6.07) is 13.2. The van der Waals surface area contributed by atoms with Crippen molar-refractivity contribution in [1.82, 2.24) is 18.7 Å². The smallest absolute Gasteiger partial charge is 0.352 e. The fraction of sp³-hybridized carbons (Fsp3) is 0.450. The van der Waals surface area contributed by atoms with Gasteiger partial charge in [0.1, 0.15) is 17.3 Å². The van der Waals surface area contributed by atoms with E-state index in [2.05, 4.69) is 0 Å². The van der Waals surface area contributed by atoms with Crippen molar-refractivity contribution in [3.8, 4) is 16.9 Å². The Bertz CT molecular complexity index is 2280. The number of fused-ring (bicyclic) bond motifs is 3. The Balaban J connectivity index is 1.33. The predicted molar refractivity (Wildman–Crippen MR) is 205 cm³/mol. The first-order chi connectivity index (χ1) is 25.5. The zero-order valence-electron chi connectivity index (χ0n) is 30.4. The third-order valence-electron chi connectivity index (χ3n) is 11.1. The summed E-state index contributed by atoms with van der Waals surface area (Å²) >= 11 is 7.18. The van der Waals surface area contributed by atoms with Gasteiger partial charge in [-0.3, -0.25) is 4.68 Å². The Morgan fingerprint density at radius 1 is 1.08 bits per heavy atom. The first kappa shape index (κ1) is 37.3. The molecule has 4 heterocycles. The molecule has 1 unspecified atom stereocenters. The Hall–Kier alpha value is -3.97. The molecule has 2 aliphatic heterocycles. The van der Waals surface area contributed by atoms with Crippen molar-refractivity contribution in [1.29, 1.82) is 0 Å². The lowest BCUT2D eigenvalue weighted by molar-refractivity contribution is 0.0615. The zero-order chi connectivity index (χ0) is 37.4. The summed E-state index contributed by atoms with van der Waals surface area (Å²) in [7, 11) is -0.242. The number of sulfonamides is 1. The van der Waals surface area contributed by atoms with Crippen molar-refractivity contribution in [3.05, 3.63) is 82.0 Å². The number of carbonyl (C=O) groups is 1. The van der Waals surface area contributed by atoms with E-state index in [1.165, 1.54) is 16.4 Å². The largest absolute Gasteiger partial charge is 0.493 e. The maximum absolute atomic E-state index is 14.0. The molecule has 5 aromatic rings. The van der Waals surface area contributed by atoms with Crippen LogP contribution in [0.1, 0.15) is 78.9 Å². The second-order valence-corrected chi connectivity index (χ2v) is 16.8. The molecule has 0 aliphatic carbocycles. The number of hydrogen-bond acceptors (Lipinski definition) is 6. The highest BCUT2D eigenvalue weighted by atomic mass is 35.5. The van der Waals surface area contributed by atoms with Crippen LogP contribution >= 0.6 is 11.6 Å². The molecule has 53 heavy (non-hydrogen) atoms. The Morgan fingerprint density at radius 2 is 1.85 bits per heavy atom. The molecule has 0 saturated carbocycles. The van der Waals surface area contributed by atoms with Gasteiger partial charge in [-0.05, 0) is 98.6 Å². The SMILES string of the molecule is CCc1c2c(nn1C)C(CCC1CCOCC1)N(C)S(=O)(=O)CCCn1c(C(=O)O)c(CCCOc3cccc4cc(F)ccc34)c3ccc(Cl)c-2c31.